The summed E-state index contributed by atoms with van der Waals surface area (Å²) in [6.07, 6.45) is 4.89. The molecule has 1 aliphatic heterocycles. The summed E-state index contributed by atoms with van der Waals surface area (Å²) in [4.78, 5) is 11.6. The minimum atomic E-state index is -0.376. The summed E-state index contributed by atoms with van der Waals surface area (Å²) in [5, 5.41) is 6.54. The molecule has 1 heterocycles. The molecule has 13 heavy (non-hydrogen) atoms. The molecule has 1 amide bonds. The Morgan fingerprint density at radius 3 is 2.54 bits per heavy atom. The van der Waals surface area contributed by atoms with Crippen LogP contribution in [0.1, 0.15) is 39.5 Å². The van der Waals surface area contributed by atoms with E-state index in [4.69, 9.17) is 0 Å². The van der Waals surface area contributed by atoms with Gasteiger partial charge in [-0.25, -0.2) is 0 Å². The summed E-state index contributed by atoms with van der Waals surface area (Å²) in [6.45, 7) is 3.90. The Balaban J connectivity index is 2.10. The van der Waals surface area contributed by atoms with Crippen LogP contribution in [0.25, 0.3) is 0 Å². The second kappa shape index (κ2) is 2.98. The van der Waals surface area contributed by atoms with E-state index >= 15 is 0 Å². The van der Waals surface area contributed by atoms with E-state index < -0.39 is 0 Å². The number of amides is 1. The Morgan fingerprint density at radius 2 is 1.85 bits per heavy atom. The standard InChI is InChI=1S/C10H18N2O/c1-10(2)9(13)11-7-5-3-4-6-8(7)12-10/h7-8,12H,3-6H2,1-2H3,(H,11,13)/t7-,8-/m0/s1. The molecule has 0 bridgehead atoms. The van der Waals surface area contributed by atoms with Gasteiger partial charge in [0.1, 0.15) is 0 Å². The van der Waals surface area contributed by atoms with Crippen molar-refractivity contribution in [2.45, 2.75) is 57.2 Å². The van der Waals surface area contributed by atoms with Gasteiger partial charge < -0.3 is 5.32 Å². The molecule has 1 aliphatic carbocycles. The Bertz CT molecular complexity index is 225. The largest absolute Gasteiger partial charge is 0.350 e. The number of hydrogen-bond acceptors (Lipinski definition) is 2. The molecule has 0 aromatic rings. The lowest BCUT2D eigenvalue weighted by molar-refractivity contribution is -0.130. The molecule has 1 saturated carbocycles. The first-order valence-electron chi connectivity index (χ1n) is 5.18. The molecule has 3 nitrogen and oxygen atoms in total. The average Bonchev–Trinajstić information content (AvgIpc) is 2.06. The SMILES string of the molecule is CC1(C)N[C@H]2CCCC[C@@H]2NC1=O. The lowest BCUT2D eigenvalue weighted by atomic mass is 9.84. The molecule has 2 atom stereocenters. The molecule has 2 aliphatic rings. The van der Waals surface area contributed by atoms with E-state index in [9.17, 15) is 4.79 Å². The third-order valence-corrected chi connectivity index (χ3v) is 3.20. The van der Waals surface area contributed by atoms with E-state index in [0.717, 1.165) is 6.42 Å². The molecule has 2 rings (SSSR count). The van der Waals surface area contributed by atoms with Crippen LogP contribution in [-0.2, 0) is 4.79 Å². The smallest absolute Gasteiger partial charge is 0.240 e. The molecule has 74 valence electrons. The van der Waals surface area contributed by atoms with Crippen LogP contribution >= 0.6 is 0 Å². The van der Waals surface area contributed by atoms with Gasteiger partial charge in [0.15, 0.2) is 0 Å². The Kier molecular flexibility index (Phi) is 2.06. The predicted molar refractivity (Wildman–Crippen MR) is 51.4 cm³/mol. The highest BCUT2D eigenvalue weighted by atomic mass is 16.2. The number of piperazine rings is 1. The first-order valence-corrected chi connectivity index (χ1v) is 5.18. The fraction of sp³-hybridized carbons (Fsp3) is 0.900. The number of nitrogens with one attached hydrogen (secondary N) is 2. The molecule has 1 saturated heterocycles. The van der Waals surface area contributed by atoms with Crippen LogP contribution in [0.5, 0.6) is 0 Å². The van der Waals surface area contributed by atoms with Crippen molar-refractivity contribution in [3.05, 3.63) is 0 Å². The van der Waals surface area contributed by atoms with Crippen molar-refractivity contribution in [3.8, 4) is 0 Å². The van der Waals surface area contributed by atoms with E-state index in [1.165, 1.54) is 19.3 Å². The fourth-order valence-corrected chi connectivity index (χ4v) is 2.35. The summed E-state index contributed by atoms with van der Waals surface area (Å²) >= 11 is 0. The lowest BCUT2D eigenvalue weighted by Crippen LogP contribution is -2.69. The minimum absolute atomic E-state index is 0.149. The van der Waals surface area contributed by atoms with Gasteiger partial charge in [0, 0.05) is 12.1 Å². The van der Waals surface area contributed by atoms with E-state index in [-0.39, 0.29) is 11.4 Å². The van der Waals surface area contributed by atoms with E-state index in [2.05, 4.69) is 10.6 Å². The van der Waals surface area contributed by atoms with E-state index in [1.54, 1.807) is 0 Å². The highest BCUT2D eigenvalue weighted by Crippen LogP contribution is 2.24. The second-order valence-corrected chi connectivity index (χ2v) is 4.74. The van der Waals surface area contributed by atoms with Gasteiger partial charge in [0.05, 0.1) is 5.54 Å². The number of carbonyl (C=O) groups excluding carboxylic acids is 1. The van der Waals surface area contributed by atoms with Gasteiger partial charge in [-0.3, -0.25) is 10.1 Å². The van der Waals surface area contributed by atoms with Crippen LogP contribution < -0.4 is 10.6 Å². The summed E-state index contributed by atoms with van der Waals surface area (Å²) in [5.41, 5.74) is -0.376. The summed E-state index contributed by atoms with van der Waals surface area (Å²) in [6, 6.07) is 0.885. The lowest BCUT2D eigenvalue weighted by Gasteiger charge is -2.44. The quantitative estimate of drug-likeness (QED) is 0.581. The number of fused-ring (bicyclic) bond motifs is 1. The van der Waals surface area contributed by atoms with Crippen molar-refractivity contribution in [3.63, 3.8) is 0 Å². The van der Waals surface area contributed by atoms with Gasteiger partial charge in [0.25, 0.3) is 0 Å². The van der Waals surface area contributed by atoms with Crippen LogP contribution in [0, 0.1) is 0 Å². The number of rotatable bonds is 0. The Morgan fingerprint density at radius 1 is 1.23 bits per heavy atom. The maximum absolute atomic E-state index is 11.6. The van der Waals surface area contributed by atoms with Gasteiger partial charge in [-0.05, 0) is 26.7 Å². The van der Waals surface area contributed by atoms with Crippen molar-refractivity contribution in [2.75, 3.05) is 0 Å². The van der Waals surface area contributed by atoms with Crippen LogP contribution in [0.2, 0.25) is 0 Å². The average molecular weight is 182 g/mol. The van der Waals surface area contributed by atoms with Gasteiger partial charge in [-0.15, -0.1) is 0 Å². The highest BCUT2D eigenvalue weighted by molar-refractivity contribution is 5.86. The van der Waals surface area contributed by atoms with Crippen molar-refractivity contribution in [2.24, 2.45) is 0 Å². The van der Waals surface area contributed by atoms with Gasteiger partial charge in [0.2, 0.25) is 5.91 Å². The van der Waals surface area contributed by atoms with Crippen LogP contribution in [0.15, 0.2) is 0 Å². The van der Waals surface area contributed by atoms with Crippen molar-refractivity contribution in [1.82, 2.24) is 10.6 Å². The van der Waals surface area contributed by atoms with Crippen LogP contribution in [-0.4, -0.2) is 23.5 Å². The van der Waals surface area contributed by atoms with Crippen molar-refractivity contribution >= 4 is 5.91 Å². The summed E-state index contributed by atoms with van der Waals surface area (Å²) < 4.78 is 0. The zero-order valence-corrected chi connectivity index (χ0v) is 8.39. The maximum Gasteiger partial charge on any atom is 0.240 e. The second-order valence-electron chi connectivity index (χ2n) is 4.74. The molecule has 0 radical (unpaired) electrons. The summed E-state index contributed by atoms with van der Waals surface area (Å²) in [5.74, 6) is 0.149. The molecule has 0 aromatic heterocycles. The molecule has 3 heteroatoms. The topological polar surface area (TPSA) is 41.1 Å². The molecule has 0 spiro atoms. The zero-order valence-electron chi connectivity index (χ0n) is 8.39. The molecular formula is C10H18N2O. The van der Waals surface area contributed by atoms with Gasteiger partial charge in [-0.1, -0.05) is 12.8 Å². The zero-order chi connectivity index (χ0) is 9.47. The molecule has 2 N–H and O–H groups in total. The first-order chi connectivity index (χ1) is 6.09. The summed E-state index contributed by atoms with van der Waals surface area (Å²) in [7, 11) is 0. The molecule has 2 fully saturated rings. The Hall–Kier alpha value is -0.570. The molecule has 0 unspecified atom stereocenters. The molecular weight excluding hydrogens is 164 g/mol. The fourth-order valence-electron chi connectivity index (χ4n) is 2.35. The Labute approximate surface area is 79.3 Å². The highest BCUT2D eigenvalue weighted by Gasteiger charge is 2.40. The van der Waals surface area contributed by atoms with Gasteiger partial charge >= 0.3 is 0 Å². The van der Waals surface area contributed by atoms with Crippen LogP contribution in [0.3, 0.4) is 0 Å². The monoisotopic (exact) mass is 182 g/mol. The number of carbonyl (C=O) groups is 1. The normalized spacial score (nSPS) is 37.8. The molecule has 0 aromatic carbocycles. The van der Waals surface area contributed by atoms with Crippen molar-refractivity contribution in [1.29, 1.82) is 0 Å². The first kappa shape index (κ1) is 9.00. The third kappa shape index (κ3) is 1.57. The maximum atomic E-state index is 11.6. The third-order valence-electron chi connectivity index (χ3n) is 3.20. The van der Waals surface area contributed by atoms with E-state index in [0.29, 0.717) is 12.1 Å². The predicted octanol–water partition coefficient (Wildman–Crippen LogP) is 0.796. The van der Waals surface area contributed by atoms with Gasteiger partial charge in [-0.2, -0.15) is 0 Å². The van der Waals surface area contributed by atoms with E-state index in [1.807, 2.05) is 13.8 Å². The van der Waals surface area contributed by atoms with Crippen molar-refractivity contribution < 1.29 is 4.79 Å². The minimum Gasteiger partial charge on any atom is -0.350 e. The van der Waals surface area contributed by atoms with Crippen LogP contribution in [0.4, 0.5) is 0 Å². The number of hydrogen-bond donors (Lipinski definition) is 2.